The third kappa shape index (κ3) is 22.2. The monoisotopic (exact) mass is 580 g/mol. The molecule has 1 fully saturated rings. The van der Waals surface area contributed by atoms with Crippen molar-refractivity contribution in [1.82, 2.24) is 0 Å². The molecule has 0 saturated heterocycles. The predicted molar refractivity (Wildman–Crippen MR) is 154 cm³/mol. The normalized spacial score (nSPS) is 18.6. The van der Waals surface area contributed by atoms with Crippen LogP contribution < -0.4 is 0 Å². The Kier molecular flexibility index (Phi) is 21.7. The maximum absolute atomic E-state index is 8.62. The van der Waals surface area contributed by atoms with Gasteiger partial charge in [0.2, 0.25) is 0 Å². The summed E-state index contributed by atoms with van der Waals surface area (Å²) in [5.41, 5.74) is 0.771. The van der Waals surface area contributed by atoms with Crippen molar-refractivity contribution in [3.8, 4) is 0 Å². The van der Waals surface area contributed by atoms with Crippen LogP contribution in [-0.4, -0.2) is 122 Å². The summed E-state index contributed by atoms with van der Waals surface area (Å²) in [7, 11) is 0. The van der Waals surface area contributed by atoms with Crippen molar-refractivity contribution >= 4 is 0 Å². The first-order valence-corrected chi connectivity index (χ1v) is 15.1. The van der Waals surface area contributed by atoms with E-state index in [2.05, 4.69) is 34.6 Å². The van der Waals surface area contributed by atoms with Gasteiger partial charge in [0.25, 0.3) is 0 Å². The predicted octanol–water partition coefficient (Wildman–Crippen LogP) is 3.45. The molecule has 0 unspecified atom stereocenters. The summed E-state index contributed by atoms with van der Waals surface area (Å²) >= 11 is 0. The Labute approximate surface area is 243 Å². The SMILES string of the molecule is CC(C)(C)CC(C)(C)C1CCC(OCCOCCOCCOCCOCCOCCOCCOCC(O)O)CC1. The quantitative estimate of drug-likeness (QED) is 0.116. The van der Waals surface area contributed by atoms with Crippen LogP contribution in [0.25, 0.3) is 0 Å². The Morgan fingerprint density at radius 3 is 1.23 bits per heavy atom. The third-order valence-electron chi connectivity index (χ3n) is 6.85. The van der Waals surface area contributed by atoms with Crippen LogP contribution in [0.5, 0.6) is 0 Å². The molecule has 0 aromatic heterocycles. The van der Waals surface area contributed by atoms with E-state index in [4.69, 9.17) is 48.1 Å². The zero-order valence-electron chi connectivity index (χ0n) is 26.0. The third-order valence-corrected chi connectivity index (χ3v) is 6.85. The van der Waals surface area contributed by atoms with Crippen LogP contribution in [0.1, 0.15) is 66.7 Å². The fraction of sp³-hybridized carbons (Fsp3) is 1.00. The van der Waals surface area contributed by atoms with E-state index in [9.17, 15) is 0 Å². The number of rotatable bonds is 26. The molecule has 2 N–H and O–H groups in total. The smallest absolute Gasteiger partial charge is 0.175 e. The summed E-state index contributed by atoms with van der Waals surface area (Å²) in [6.45, 7) is 18.8. The van der Waals surface area contributed by atoms with Crippen molar-refractivity contribution in [3.63, 3.8) is 0 Å². The van der Waals surface area contributed by atoms with Gasteiger partial charge in [0.15, 0.2) is 6.29 Å². The van der Waals surface area contributed by atoms with Gasteiger partial charge in [-0.05, 0) is 48.9 Å². The van der Waals surface area contributed by atoms with Crippen LogP contribution in [0, 0.1) is 16.7 Å². The molecule has 0 aromatic rings. The van der Waals surface area contributed by atoms with Gasteiger partial charge in [0, 0.05) is 0 Å². The van der Waals surface area contributed by atoms with Crippen molar-refractivity contribution < 1.29 is 48.1 Å². The first-order chi connectivity index (χ1) is 19.1. The lowest BCUT2D eigenvalue weighted by Gasteiger charge is -2.42. The minimum absolute atomic E-state index is 0.114. The number of hydrogen-bond donors (Lipinski definition) is 2. The second-order valence-electron chi connectivity index (χ2n) is 12.3. The van der Waals surface area contributed by atoms with Gasteiger partial charge in [0.1, 0.15) is 0 Å². The van der Waals surface area contributed by atoms with Crippen LogP contribution in [-0.2, 0) is 37.9 Å². The minimum atomic E-state index is -1.44. The summed E-state index contributed by atoms with van der Waals surface area (Å²) in [4.78, 5) is 0. The highest BCUT2D eigenvalue weighted by atomic mass is 16.6. The van der Waals surface area contributed by atoms with E-state index in [-0.39, 0.29) is 6.61 Å². The highest BCUT2D eigenvalue weighted by Crippen LogP contribution is 2.45. The van der Waals surface area contributed by atoms with Crippen LogP contribution in [0.4, 0.5) is 0 Å². The molecule has 1 rings (SSSR count). The van der Waals surface area contributed by atoms with Crippen molar-refractivity contribution in [2.75, 3.05) is 99.1 Å². The molecule has 0 amide bonds. The van der Waals surface area contributed by atoms with Crippen molar-refractivity contribution in [3.05, 3.63) is 0 Å². The molecule has 10 heteroatoms. The molecule has 0 aliphatic heterocycles. The summed E-state index contributed by atoms with van der Waals surface area (Å²) < 4.78 is 43.8. The summed E-state index contributed by atoms with van der Waals surface area (Å²) in [6.07, 6.45) is 5.05. The van der Waals surface area contributed by atoms with E-state index in [1.54, 1.807) is 0 Å². The average Bonchev–Trinajstić information content (AvgIpc) is 2.88. The van der Waals surface area contributed by atoms with Crippen LogP contribution in [0.2, 0.25) is 0 Å². The Hall–Kier alpha value is -0.400. The second kappa shape index (κ2) is 23.1. The summed E-state index contributed by atoms with van der Waals surface area (Å²) in [5.74, 6) is 0.794. The molecule has 240 valence electrons. The first-order valence-electron chi connectivity index (χ1n) is 15.1. The number of ether oxygens (including phenoxy) is 8. The van der Waals surface area contributed by atoms with E-state index in [1.165, 1.54) is 19.3 Å². The lowest BCUT2D eigenvalue weighted by atomic mass is 9.64. The average molecular weight is 581 g/mol. The zero-order valence-corrected chi connectivity index (χ0v) is 26.0. The largest absolute Gasteiger partial charge is 0.377 e. The lowest BCUT2D eigenvalue weighted by molar-refractivity contribution is -0.101. The van der Waals surface area contributed by atoms with E-state index in [1.807, 2.05) is 0 Å². The maximum Gasteiger partial charge on any atom is 0.175 e. The van der Waals surface area contributed by atoms with Crippen LogP contribution in [0.15, 0.2) is 0 Å². The van der Waals surface area contributed by atoms with Gasteiger partial charge in [0.05, 0.1) is 105 Å². The Bertz CT molecular complexity index is 559. The Balaban J connectivity index is 1.77. The summed E-state index contributed by atoms with van der Waals surface area (Å²) in [5, 5.41) is 17.2. The van der Waals surface area contributed by atoms with Crippen molar-refractivity contribution in [1.29, 1.82) is 0 Å². The molecule has 0 heterocycles. The number of aliphatic hydroxyl groups is 2. The zero-order chi connectivity index (χ0) is 29.5. The van der Waals surface area contributed by atoms with Crippen molar-refractivity contribution in [2.45, 2.75) is 79.1 Å². The molecular weight excluding hydrogens is 520 g/mol. The molecule has 0 atom stereocenters. The van der Waals surface area contributed by atoms with Gasteiger partial charge in [-0.25, -0.2) is 0 Å². The van der Waals surface area contributed by atoms with Crippen LogP contribution >= 0.6 is 0 Å². The van der Waals surface area contributed by atoms with Gasteiger partial charge in [-0.15, -0.1) is 0 Å². The van der Waals surface area contributed by atoms with E-state index in [0.29, 0.717) is 109 Å². The highest BCUT2D eigenvalue weighted by Gasteiger charge is 2.36. The molecule has 0 spiro atoms. The molecule has 0 aromatic carbocycles. The molecule has 0 bridgehead atoms. The first kappa shape index (κ1) is 37.6. The van der Waals surface area contributed by atoms with Crippen molar-refractivity contribution in [2.24, 2.45) is 16.7 Å². The van der Waals surface area contributed by atoms with Gasteiger partial charge in [-0.3, -0.25) is 0 Å². The fourth-order valence-corrected chi connectivity index (χ4v) is 5.30. The van der Waals surface area contributed by atoms with Gasteiger partial charge in [-0.1, -0.05) is 34.6 Å². The van der Waals surface area contributed by atoms with E-state index < -0.39 is 6.29 Å². The van der Waals surface area contributed by atoms with Gasteiger partial charge in [-0.2, -0.15) is 0 Å². The van der Waals surface area contributed by atoms with Gasteiger partial charge < -0.3 is 48.1 Å². The highest BCUT2D eigenvalue weighted by molar-refractivity contribution is 4.86. The molecule has 1 saturated carbocycles. The summed E-state index contributed by atoms with van der Waals surface area (Å²) in [6, 6.07) is 0. The lowest BCUT2D eigenvalue weighted by Crippen LogP contribution is -2.34. The molecular formula is C30H60O10. The Morgan fingerprint density at radius 2 is 0.875 bits per heavy atom. The molecule has 40 heavy (non-hydrogen) atoms. The van der Waals surface area contributed by atoms with Crippen LogP contribution in [0.3, 0.4) is 0 Å². The maximum atomic E-state index is 8.62. The van der Waals surface area contributed by atoms with E-state index >= 15 is 0 Å². The van der Waals surface area contributed by atoms with Gasteiger partial charge >= 0.3 is 0 Å². The minimum Gasteiger partial charge on any atom is -0.377 e. The number of hydrogen-bond acceptors (Lipinski definition) is 10. The van der Waals surface area contributed by atoms with E-state index in [0.717, 1.165) is 18.8 Å². The number of aliphatic hydroxyl groups excluding tert-OH is 1. The molecule has 0 radical (unpaired) electrons. The molecule has 10 nitrogen and oxygen atoms in total. The second-order valence-corrected chi connectivity index (χ2v) is 12.3. The topological polar surface area (TPSA) is 114 Å². The Morgan fingerprint density at radius 1 is 0.525 bits per heavy atom. The molecule has 1 aliphatic carbocycles. The standard InChI is InChI=1S/C30H60O10/c1-29(2,3)25-30(4,5)26-6-8-27(9-7-26)40-23-22-38-19-18-36-15-14-34-11-10-33-12-13-35-16-17-37-20-21-39-24-28(31)32/h26-28,31-32H,6-25H2,1-5H3. The fourth-order valence-electron chi connectivity index (χ4n) is 5.30. The molecule has 1 aliphatic rings.